The first kappa shape index (κ1) is 20.5. The molecule has 0 atom stereocenters. The van der Waals surface area contributed by atoms with Gasteiger partial charge in [-0.05, 0) is 24.3 Å². The van der Waals surface area contributed by atoms with Gasteiger partial charge in [0.05, 0.1) is 30.0 Å². The normalized spacial score (nSPS) is 11.0. The van der Waals surface area contributed by atoms with Crippen molar-refractivity contribution in [3.63, 3.8) is 0 Å². The maximum Gasteiger partial charge on any atom is 0.261 e. The Morgan fingerprint density at radius 3 is 2.48 bits per heavy atom. The number of benzene rings is 2. The summed E-state index contributed by atoms with van der Waals surface area (Å²) in [4.78, 5) is 11.6. The number of aliphatic hydroxyl groups excluding tert-OH is 1. The molecule has 8 nitrogen and oxygen atoms in total. The number of ether oxygens (including phenoxy) is 1. The number of hydrogen-bond acceptors (Lipinski definition) is 6. The van der Waals surface area contributed by atoms with Crippen LogP contribution in [0.5, 0.6) is 5.75 Å². The Morgan fingerprint density at radius 2 is 1.89 bits per heavy atom. The van der Waals surface area contributed by atoms with E-state index in [0.29, 0.717) is 17.0 Å². The Balaban J connectivity index is 2.36. The van der Waals surface area contributed by atoms with Gasteiger partial charge in [-0.2, -0.15) is 0 Å². The fourth-order valence-corrected chi connectivity index (χ4v) is 3.47. The van der Waals surface area contributed by atoms with Crippen LogP contribution in [0, 0.1) is 0 Å². The molecule has 0 saturated carbocycles. The van der Waals surface area contributed by atoms with Crippen LogP contribution >= 0.6 is 0 Å². The quantitative estimate of drug-likeness (QED) is 0.547. The molecule has 0 saturated heterocycles. The van der Waals surface area contributed by atoms with Crippen molar-refractivity contribution < 1.29 is 23.1 Å². The highest BCUT2D eigenvalue weighted by Crippen LogP contribution is 2.29. The predicted octanol–water partition coefficient (Wildman–Crippen LogP) is 2.38. The molecule has 0 aliphatic carbocycles. The Morgan fingerprint density at radius 1 is 1.15 bits per heavy atom. The van der Waals surface area contributed by atoms with Gasteiger partial charge in [0.15, 0.2) is 0 Å². The van der Waals surface area contributed by atoms with E-state index in [2.05, 4.69) is 15.4 Å². The van der Waals surface area contributed by atoms with Gasteiger partial charge in [-0.3, -0.25) is 9.52 Å². The number of nitrogens with one attached hydrogen (secondary N) is 3. The van der Waals surface area contributed by atoms with E-state index in [0.717, 1.165) is 5.69 Å². The fourth-order valence-electron chi connectivity index (χ4n) is 2.39. The molecule has 0 aliphatic rings. The van der Waals surface area contributed by atoms with E-state index in [1.165, 1.54) is 25.3 Å². The van der Waals surface area contributed by atoms with Crippen LogP contribution in [0.15, 0.2) is 41.3 Å². The zero-order chi connectivity index (χ0) is 20.0. The average Bonchev–Trinajstić information content (AvgIpc) is 2.67. The maximum absolute atomic E-state index is 12.7. The summed E-state index contributed by atoms with van der Waals surface area (Å²) >= 11 is 0. The first-order chi connectivity index (χ1) is 12.8. The minimum Gasteiger partial charge on any atom is -0.495 e. The van der Waals surface area contributed by atoms with Crippen LogP contribution in [0.1, 0.15) is 18.9 Å². The largest absolute Gasteiger partial charge is 0.495 e. The van der Waals surface area contributed by atoms with E-state index in [4.69, 9.17) is 4.74 Å². The van der Waals surface area contributed by atoms with Gasteiger partial charge >= 0.3 is 0 Å². The second-order valence-corrected chi connectivity index (χ2v) is 7.33. The minimum absolute atomic E-state index is 0.0391. The summed E-state index contributed by atoms with van der Waals surface area (Å²) in [5.74, 6) is 0.212. The molecule has 1 amide bonds. The highest BCUT2D eigenvalue weighted by atomic mass is 32.2. The van der Waals surface area contributed by atoms with Crippen molar-refractivity contribution in [3.8, 4) is 5.75 Å². The number of aliphatic hydroxyl groups is 1. The van der Waals surface area contributed by atoms with Crippen LogP contribution in [0.3, 0.4) is 0 Å². The summed E-state index contributed by atoms with van der Waals surface area (Å²) in [5.41, 5.74) is 1.74. The molecule has 0 aliphatic heterocycles. The molecule has 2 aromatic carbocycles. The molecule has 0 bridgehead atoms. The molecular weight excluding hydrogens is 370 g/mol. The van der Waals surface area contributed by atoms with Crippen LogP contribution in [0.4, 0.5) is 17.1 Å². The second-order valence-electron chi connectivity index (χ2n) is 5.65. The van der Waals surface area contributed by atoms with Gasteiger partial charge in [0.1, 0.15) is 5.75 Å². The first-order valence-corrected chi connectivity index (χ1v) is 9.75. The van der Waals surface area contributed by atoms with Crippen LogP contribution in [-0.2, 0) is 21.4 Å². The van der Waals surface area contributed by atoms with Crippen molar-refractivity contribution in [1.29, 1.82) is 0 Å². The molecule has 27 heavy (non-hydrogen) atoms. The number of carbonyl (C=O) groups is 1. The molecule has 0 heterocycles. The van der Waals surface area contributed by atoms with E-state index in [1.54, 1.807) is 32.2 Å². The summed E-state index contributed by atoms with van der Waals surface area (Å²) in [6.45, 7) is 1.36. The summed E-state index contributed by atoms with van der Waals surface area (Å²) < 4.78 is 33.2. The maximum atomic E-state index is 12.7. The van der Waals surface area contributed by atoms with Gasteiger partial charge in [0, 0.05) is 30.8 Å². The lowest BCUT2D eigenvalue weighted by Gasteiger charge is -2.14. The summed E-state index contributed by atoms with van der Waals surface area (Å²) in [6, 6.07) is 9.01. The van der Waals surface area contributed by atoms with E-state index in [-0.39, 0.29) is 29.5 Å². The topological polar surface area (TPSA) is 117 Å². The second kappa shape index (κ2) is 8.74. The smallest absolute Gasteiger partial charge is 0.261 e. The Hall–Kier alpha value is -2.78. The number of carbonyl (C=O) groups excluding carboxylic acids is 1. The molecule has 2 aromatic rings. The summed E-state index contributed by atoms with van der Waals surface area (Å²) in [5, 5.41) is 15.0. The van der Waals surface area contributed by atoms with Crippen LogP contribution in [-0.4, -0.2) is 33.6 Å². The predicted molar refractivity (Wildman–Crippen MR) is 105 cm³/mol. The molecular formula is C18H23N3O5S. The van der Waals surface area contributed by atoms with Gasteiger partial charge in [-0.15, -0.1) is 0 Å². The number of anilines is 3. The molecule has 4 N–H and O–H groups in total. The van der Waals surface area contributed by atoms with E-state index in [9.17, 15) is 18.3 Å². The number of sulfonamides is 1. The Kier molecular flexibility index (Phi) is 6.65. The monoisotopic (exact) mass is 393 g/mol. The fraction of sp³-hybridized carbons (Fsp3) is 0.278. The third kappa shape index (κ3) is 4.89. The number of methoxy groups -OCH3 is 1. The Labute approximate surface area is 158 Å². The number of amides is 1. The van der Waals surface area contributed by atoms with Gasteiger partial charge < -0.3 is 20.5 Å². The highest BCUT2D eigenvalue weighted by molar-refractivity contribution is 7.92. The van der Waals surface area contributed by atoms with Crippen LogP contribution < -0.4 is 20.1 Å². The lowest BCUT2D eigenvalue weighted by Crippen LogP contribution is -2.16. The van der Waals surface area contributed by atoms with E-state index in [1.807, 2.05) is 0 Å². The Bertz CT molecular complexity index is 929. The van der Waals surface area contributed by atoms with Crippen molar-refractivity contribution in [1.82, 2.24) is 0 Å². The highest BCUT2D eigenvalue weighted by Gasteiger charge is 2.18. The van der Waals surface area contributed by atoms with E-state index >= 15 is 0 Å². The first-order valence-electron chi connectivity index (χ1n) is 8.26. The molecule has 2 rings (SSSR count). The van der Waals surface area contributed by atoms with Crippen molar-refractivity contribution in [2.75, 3.05) is 29.5 Å². The zero-order valence-electron chi connectivity index (χ0n) is 15.4. The minimum atomic E-state index is -3.91. The molecule has 0 fully saturated rings. The standard InChI is InChI=1S/C18H23N3O5S/c1-4-18(23)20-16-10-14(7-5-12(16)11-22)27(24,25)21-13-6-8-15(19-2)17(9-13)26-3/h5-10,19,21-22H,4,11H2,1-3H3,(H,20,23). The molecule has 146 valence electrons. The molecule has 9 heteroatoms. The SMILES string of the molecule is CCC(=O)Nc1cc(S(=O)(=O)Nc2ccc(NC)c(OC)c2)ccc1CO. The van der Waals surface area contributed by atoms with Crippen molar-refractivity contribution in [2.24, 2.45) is 0 Å². The van der Waals surface area contributed by atoms with Gasteiger partial charge in [-0.1, -0.05) is 13.0 Å². The lowest BCUT2D eigenvalue weighted by molar-refractivity contribution is -0.115. The summed E-state index contributed by atoms with van der Waals surface area (Å²) in [6.07, 6.45) is 0.234. The third-order valence-electron chi connectivity index (χ3n) is 3.88. The average molecular weight is 393 g/mol. The molecule has 0 radical (unpaired) electrons. The van der Waals surface area contributed by atoms with Crippen molar-refractivity contribution in [2.45, 2.75) is 24.8 Å². The van der Waals surface area contributed by atoms with Gasteiger partial charge in [-0.25, -0.2) is 8.42 Å². The van der Waals surface area contributed by atoms with E-state index < -0.39 is 10.0 Å². The van der Waals surface area contributed by atoms with Crippen molar-refractivity contribution in [3.05, 3.63) is 42.0 Å². The summed E-state index contributed by atoms with van der Waals surface area (Å²) in [7, 11) is -0.683. The van der Waals surface area contributed by atoms with Crippen molar-refractivity contribution >= 4 is 33.0 Å². The third-order valence-corrected chi connectivity index (χ3v) is 5.26. The molecule has 0 unspecified atom stereocenters. The van der Waals surface area contributed by atoms with Gasteiger partial charge in [0.25, 0.3) is 10.0 Å². The number of hydrogen-bond donors (Lipinski definition) is 4. The lowest BCUT2D eigenvalue weighted by atomic mass is 10.2. The van der Waals surface area contributed by atoms with Crippen LogP contribution in [0.2, 0.25) is 0 Å². The molecule has 0 aromatic heterocycles. The number of rotatable bonds is 8. The molecule has 0 spiro atoms. The zero-order valence-corrected chi connectivity index (χ0v) is 16.2. The van der Waals surface area contributed by atoms with Crippen LogP contribution in [0.25, 0.3) is 0 Å². The van der Waals surface area contributed by atoms with Gasteiger partial charge in [0.2, 0.25) is 5.91 Å².